The molecule has 2 rings (SSSR count). The molecule has 1 fully saturated rings. The van der Waals surface area contributed by atoms with E-state index in [1.54, 1.807) is 0 Å². The van der Waals surface area contributed by atoms with Gasteiger partial charge in [-0.25, -0.2) is 0 Å². The van der Waals surface area contributed by atoms with Crippen LogP contribution in [0, 0.1) is 12.3 Å². The molecule has 1 atom stereocenters. The van der Waals surface area contributed by atoms with Crippen LogP contribution < -0.4 is 5.32 Å². The van der Waals surface area contributed by atoms with Gasteiger partial charge in [0.15, 0.2) is 5.82 Å². The third-order valence-corrected chi connectivity index (χ3v) is 3.56. The standard InChI is InChI=1S/C12H21N3O/c1-9-14-11(16-15-9)6-8-13-10-5-4-7-12(10,2)3/h10,13H,4-8H2,1-3H3/t10-/m0/s1. The van der Waals surface area contributed by atoms with Gasteiger partial charge in [0, 0.05) is 19.0 Å². The Morgan fingerprint density at radius 2 is 2.31 bits per heavy atom. The fourth-order valence-electron chi connectivity index (χ4n) is 2.50. The first-order valence-corrected chi connectivity index (χ1v) is 6.10. The van der Waals surface area contributed by atoms with Crippen LogP contribution in [0.5, 0.6) is 0 Å². The Kier molecular flexibility index (Phi) is 3.28. The van der Waals surface area contributed by atoms with Gasteiger partial charge in [0.05, 0.1) is 0 Å². The van der Waals surface area contributed by atoms with Gasteiger partial charge in [-0.05, 0) is 25.2 Å². The molecule has 1 aliphatic rings. The third kappa shape index (κ3) is 2.61. The van der Waals surface area contributed by atoms with Crippen molar-refractivity contribution in [2.24, 2.45) is 5.41 Å². The zero-order valence-corrected chi connectivity index (χ0v) is 10.4. The van der Waals surface area contributed by atoms with Crippen molar-refractivity contribution in [3.63, 3.8) is 0 Å². The molecule has 0 unspecified atom stereocenters. The van der Waals surface area contributed by atoms with E-state index in [9.17, 15) is 0 Å². The van der Waals surface area contributed by atoms with E-state index in [2.05, 4.69) is 29.3 Å². The molecule has 0 aromatic carbocycles. The molecule has 16 heavy (non-hydrogen) atoms. The van der Waals surface area contributed by atoms with Crippen molar-refractivity contribution in [3.8, 4) is 0 Å². The second kappa shape index (κ2) is 4.53. The summed E-state index contributed by atoms with van der Waals surface area (Å²) in [5, 5.41) is 7.38. The van der Waals surface area contributed by atoms with Crippen LogP contribution in [-0.4, -0.2) is 22.7 Å². The lowest BCUT2D eigenvalue weighted by atomic mass is 9.87. The average molecular weight is 223 g/mol. The van der Waals surface area contributed by atoms with Crippen LogP contribution in [0.15, 0.2) is 4.52 Å². The van der Waals surface area contributed by atoms with Crippen molar-refractivity contribution in [1.29, 1.82) is 0 Å². The van der Waals surface area contributed by atoms with Crippen molar-refractivity contribution in [2.45, 2.75) is 52.5 Å². The minimum atomic E-state index is 0.435. The van der Waals surface area contributed by atoms with Crippen molar-refractivity contribution in [1.82, 2.24) is 15.5 Å². The average Bonchev–Trinajstić information content (AvgIpc) is 2.74. The SMILES string of the molecule is Cc1noc(CCN[C@H]2CCCC2(C)C)n1. The van der Waals surface area contributed by atoms with E-state index < -0.39 is 0 Å². The molecular formula is C12H21N3O. The van der Waals surface area contributed by atoms with Gasteiger partial charge in [0.2, 0.25) is 5.89 Å². The summed E-state index contributed by atoms with van der Waals surface area (Å²) in [6, 6.07) is 0.636. The van der Waals surface area contributed by atoms with Gasteiger partial charge in [0.25, 0.3) is 0 Å². The Morgan fingerprint density at radius 1 is 1.50 bits per heavy atom. The van der Waals surface area contributed by atoms with Gasteiger partial charge in [-0.3, -0.25) is 0 Å². The number of hydrogen-bond donors (Lipinski definition) is 1. The third-order valence-electron chi connectivity index (χ3n) is 3.56. The predicted octanol–water partition coefficient (Wildman–Crippen LogP) is 2.09. The second-order valence-corrected chi connectivity index (χ2v) is 5.37. The van der Waals surface area contributed by atoms with Crippen molar-refractivity contribution in [3.05, 3.63) is 11.7 Å². The number of aryl methyl sites for hydroxylation is 1. The first kappa shape index (κ1) is 11.6. The highest BCUT2D eigenvalue weighted by Crippen LogP contribution is 2.36. The van der Waals surface area contributed by atoms with Crippen molar-refractivity contribution >= 4 is 0 Å². The van der Waals surface area contributed by atoms with Gasteiger partial charge >= 0.3 is 0 Å². The molecule has 0 aliphatic heterocycles. The first-order chi connectivity index (χ1) is 7.58. The summed E-state index contributed by atoms with van der Waals surface area (Å²) in [6.45, 7) is 7.46. The van der Waals surface area contributed by atoms with Gasteiger partial charge in [0.1, 0.15) is 0 Å². The maximum absolute atomic E-state index is 5.08. The molecule has 0 spiro atoms. The maximum atomic E-state index is 5.08. The lowest BCUT2D eigenvalue weighted by Crippen LogP contribution is -2.38. The van der Waals surface area contributed by atoms with Crippen LogP contribution in [-0.2, 0) is 6.42 Å². The zero-order chi connectivity index (χ0) is 11.6. The van der Waals surface area contributed by atoms with Crippen LogP contribution in [0.1, 0.15) is 44.8 Å². The topological polar surface area (TPSA) is 51.0 Å². The summed E-state index contributed by atoms with van der Waals surface area (Å²) >= 11 is 0. The molecule has 1 aliphatic carbocycles. The fraction of sp³-hybridized carbons (Fsp3) is 0.833. The van der Waals surface area contributed by atoms with Crippen LogP contribution in [0.25, 0.3) is 0 Å². The molecule has 1 saturated carbocycles. The van der Waals surface area contributed by atoms with E-state index in [0.717, 1.165) is 24.7 Å². The monoisotopic (exact) mass is 223 g/mol. The van der Waals surface area contributed by atoms with Gasteiger partial charge < -0.3 is 9.84 Å². The summed E-state index contributed by atoms with van der Waals surface area (Å²) in [6.07, 6.45) is 4.78. The Labute approximate surface area is 96.8 Å². The van der Waals surface area contributed by atoms with Gasteiger partial charge in [-0.2, -0.15) is 4.98 Å². The lowest BCUT2D eigenvalue weighted by Gasteiger charge is -2.27. The number of rotatable bonds is 4. The van der Waals surface area contributed by atoms with Crippen LogP contribution >= 0.6 is 0 Å². The fourth-order valence-corrected chi connectivity index (χ4v) is 2.50. The summed E-state index contributed by atoms with van der Waals surface area (Å²) < 4.78 is 5.08. The van der Waals surface area contributed by atoms with E-state index in [4.69, 9.17) is 4.52 Å². The number of hydrogen-bond acceptors (Lipinski definition) is 4. The Hall–Kier alpha value is -0.900. The van der Waals surface area contributed by atoms with E-state index in [0.29, 0.717) is 11.5 Å². The highest BCUT2D eigenvalue weighted by atomic mass is 16.5. The van der Waals surface area contributed by atoms with Gasteiger partial charge in [-0.1, -0.05) is 25.4 Å². The Bertz CT molecular complexity index is 346. The molecule has 90 valence electrons. The van der Waals surface area contributed by atoms with Gasteiger partial charge in [-0.15, -0.1) is 0 Å². The molecule has 0 bridgehead atoms. The molecule has 1 N–H and O–H groups in total. The van der Waals surface area contributed by atoms with E-state index in [1.807, 2.05) is 6.92 Å². The molecule has 1 aromatic heterocycles. The molecule has 0 amide bonds. The van der Waals surface area contributed by atoms with E-state index in [1.165, 1.54) is 19.3 Å². The smallest absolute Gasteiger partial charge is 0.227 e. The quantitative estimate of drug-likeness (QED) is 0.849. The Balaban J connectivity index is 1.76. The van der Waals surface area contributed by atoms with Crippen molar-refractivity contribution in [2.75, 3.05) is 6.54 Å². The highest BCUT2D eigenvalue weighted by molar-refractivity contribution is 4.91. The first-order valence-electron chi connectivity index (χ1n) is 6.10. The molecule has 1 heterocycles. The largest absolute Gasteiger partial charge is 0.339 e. The minimum Gasteiger partial charge on any atom is -0.339 e. The van der Waals surface area contributed by atoms with Crippen LogP contribution in [0.3, 0.4) is 0 Å². The summed E-state index contributed by atoms with van der Waals surface area (Å²) in [7, 11) is 0. The summed E-state index contributed by atoms with van der Waals surface area (Å²) in [5.41, 5.74) is 0.435. The van der Waals surface area contributed by atoms with Crippen molar-refractivity contribution < 1.29 is 4.52 Å². The molecule has 4 heteroatoms. The molecule has 0 saturated heterocycles. The molecule has 0 radical (unpaired) electrons. The lowest BCUT2D eigenvalue weighted by molar-refractivity contribution is 0.281. The highest BCUT2D eigenvalue weighted by Gasteiger charge is 2.33. The maximum Gasteiger partial charge on any atom is 0.227 e. The minimum absolute atomic E-state index is 0.435. The number of nitrogens with zero attached hydrogens (tertiary/aromatic N) is 2. The Morgan fingerprint density at radius 3 is 2.88 bits per heavy atom. The van der Waals surface area contributed by atoms with Crippen LogP contribution in [0.4, 0.5) is 0 Å². The van der Waals surface area contributed by atoms with E-state index >= 15 is 0 Å². The normalized spacial score (nSPS) is 23.8. The summed E-state index contributed by atoms with van der Waals surface area (Å²) in [4.78, 5) is 4.19. The molecule has 1 aromatic rings. The number of nitrogens with one attached hydrogen (secondary N) is 1. The second-order valence-electron chi connectivity index (χ2n) is 5.37. The van der Waals surface area contributed by atoms with Crippen LogP contribution in [0.2, 0.25) is 0 Å². The van der Waals surface area contributed by atoms with E-state index in [-0.39, 0.29) is 0 Å². The molecule has 4 nitrogen and oxygen atoms in total. The number of aromatic nitrogens is 2. The zero-order valence-electron chi connectivity index (χ0n) is 10.4. The molecular weight excluding hydrogens is 202 g/mol. The predicted molar refractivity (Wildman–Crippen MR) is 62.2 cm³/mol. The summed E-state index contributed by atoms with van der Waals surface area (Å²) in [5.74, 6) is 1.46.